The number of ether oxygens (including phenoxy) is 3. The molecule has 1 aliphatic heterocycles. The standard InChI is InChI=1S/C20H22N2O7S/c1-27-15-12-17(28-2)20(18(13-15)29-3)14-8-10-21(11-9-14)30(25,26)19-7-5-4-6-16(19)22(23)24/h4-8,12-13H,9-11H2,1-3H3. The van der Waals surface area contributed by atoms with Crippen molar-refractivity contribution in [3.8, 4) is 17.2 Å². The van der Waals surface area contributed by atoms with Crippen molar-refractivity contribution in [1.29, 1.82) is 0 Å². The van der Waals surface area contributed by atoms with Gasteiger partial charge in [0.15, 0.2) is 4.90 Å². The maximum absolute atomic E-state index is 13.0. The molecule has 1 heterocycles. The van der Waals surface area contributed by atoms with Crippen LogP contribution >= 0.6 is 0 Å². The summed E-state index contributed by atoms with van der Waals surface area (Å²) in [5.41, 5.74) is 1.15. The molecule has 0 unspecified atom stereocenters. The Morgan fingerprint density at radius 3 is 2.17 bits per heavy atom. The second kappa shape index (κ2) is 8.72. The summed E-state index contributed by atoms with van der Waals surface area (Å²) in [6.07, 6.45) is 2.15. The number of sulfonamides is 1. The van der Waals surface area contributed by atoms with Gasteiger partial charge in [-0.05, 0) is 18.1 Å². The predicted molar refractivity (Wildman–Crippen MR) is 111 cm³/mol. The summed E-state index contributed by atoms with van der Waals surface area (Å²) < 4.78 is 43.5. The Balaban J connectivity index is 1.96. The number of hydrogen-bond acceptors (Lipinski definition) is 7. The number of benzene rings is 2. The van der Waals surface area contributed by atoms with Gasteiger partial charge in [-0.25, -0.2) is 8.42 Å². The number of methoxy groups -OCH3 is 3. The fraction of sp³-hybridized carbons (Fsp3) is 0.300. The summed E-state index contributed by atoms with van der Waals surface area (Å²) in [6.45, 7) is 0.237. The first-order valence-electron chi connectivity index (χ1n) is 9.06. The lowest BCUT2D eigenvalue weighted by Crippen LogP contribution is -2.35. The van der Waals surface area contributed by atoms with Gasteiger partial charge in [0.2, 0.25) is 10.0 Å². The van der Waals surface area contributed by atoms with Crippen LogP contribution in [-0.2, 0) is 10.0 Å². The Morgan fingerprint density at radius 1 is 1.03 bits per heavy atom. The maximum Gasteiger partial charge on any atom is 0.289 e. The van der Waals surface area contributed by atoms with E-state index in [0.29, 0.717) is 23.7 Å². The van der Waals surface area contributed by atoms with E-state index in [-0.39, 0.29) is 18.0 Å². The number of nitro groups is 1. The van der Waals surface area contributed by atoms with Crippen LogP contribution in [0.4, 0.5) is 5.69 Å². The van der Waals surface area contributed by atoms with Crippen LogP contribution in [0.25, 0.3) is 5.57 Å². The van der Waals surface area contributed by atoms with E-state index in [9.17, 15) is 18.5 Å². The molecule has 0 radical (unpaired) electrons. The zero-order valence-corrected chi connectivity index (χ0v) is 17.6. The Bertz CT molecular complexity index is 1070. The van der Waals surface area contributed by atoms with Crippen molar-refractivity contribution in [2.24, 2.45) is 0 Å². The Hall–Kier alpha value is -3.11. The minimum atomic E-state index is -4.02. The third-order valence-electron chi connectivity index (χ3n) is 4.89. The first kappa shape index (κ1) is 21.6. The minimum Gasteiger partial charge on any atom is -0.496 e. The second-order valence-corrected chi connectivity index (χ2v) is 8.38. The van der Waals surface area contributed by atoms with Crippen molar-refractivity contribution in [1.82, 2.24) is 4.31 Å². The molecule has 10 heteroatoms. The largest absolute Gasteiger partial charge is 0.496 e. The van der Waals surface area contributed by atoms with Gasteiger partial charge in [-0.15, -0.1) is 0 Å². The van der Waals surface area contributed by atoms with E-state index < -0.39 is 20.6 Å². The van der Waals surface area contributed by atoms with E-state index in [1.807, 2.05) is 0 Å². The van der Waals surface area contributed by atoms with Crippen LogP contribution in [0.1, 0.15) is 12.0 Å². The molecule has 0 aliphatic carbocycles. The van der Waals surface area contributed by atoms with Crippen LogP contribution in [0, 0.1) is 10.1 Å². The molecule has 30 heavy (non-hydrogen) atoms. The summed E-state index contributed by atoms with van der Waals surface area (Å²) in [5, 5.41) is 11.3. The molecule has 2 aromatic carbocycles. The second-order valence-electron chi connectivity index (χ2n) is 6.47. The van der Waals surface area contributed by atoms with Crippen molar-refractivity contribution in [2.45, 2.75) is 11.3 Å². The van der Waals surface area contributed by atoms with Gasteiger partial charge in [0, 0.05) is 31.3 Å². The maximum atomic E-state index is 13.0. The molecular formula is C20H22N2O7S. The molecule has 0 spiro atoms. The number of para-hydroxylation sites is 1. The fourth-order valence-electron chi connectivity index (χ4n) is 3.38. The Kier molecular flexibility index (Phi) is 6.28. The van der Waals surface area contributed by atoms with E-state index in [4.69, 9.17) is 14.2 Å². The first-order valence-corrected chi connectivity index (χ1v) is 10.5. The van der Waals surface area contributed by atoms with Crippen molar-refractivity contribution in [3.05, 3.63) is 58.2 Å². The molecule has 0 fully saturated rings. The topological polar surface area (TPSA) is 108 Å². The zero-order valence-electron chi connectivity index (χ0n) is 16.8. The van der Waals surface area contributed by atoms with Crippen LogP contribution in [0.15, 0.2) is 47.4 Å². The van der Waals surface area contributed by atoms with Gasteiger partial charge in [-0.1, -0.05) is 18.2 Å². The molecule has 9 nitrogen and oxygen atoms in total. The number of nitrogens with zero attached hydrogens (tertiary/aromatic N) is 2. The van der Waals surface area contributed by atoms with Crippen molar-refractivity contribution in [3.63, 3.8) is 0 Å². The smallest absolute Gasteiger partial charge is 0.289 e. The molecule has 2 aromatic rings. The van der Waals surface area contributed by atoms with Gasteiger partial charge < -0.3 is 14.2 Å². The highest BCUT2D eigenvalue weighted by Crippen LogP contribution is 2.41. The zero-order chi connectivity index (χ0) is 21.9. The lowest BCUT2D eigenvalue weighted by molar-refractivity contribution is -0.387. The van der Waals surface area contributed by atoms with Crippen LogP contribution in [0.2, 0.25) is 0 Å². The number of hydrogen-bond donors (Lipinski definition) is 0. The van der Waals surface area contributed by atoms with Crippen LogP contribution in [0.5, 0.6) is 17.2 Å². The summed E-state index contributed by atoms with van der Waals surface area (Å²) in [7, 11) is 0.588. The quantitative estimate of drug-likeness (QED) is 0.487. The molecule has 0 atom stereocenters. The van der Waals surface area contributed by atoms with E-state index in [1.165, 1.54) is 42.8 Å². The van der Waals surface area contributed by atoms with E-state index in [0.717, 1.165) is 11.1 Å². The third kappa shape index (κ3) is 3.96. The molecule has 0 saturated heterocycles. The summed E-state index contributed by atoms with van der Waals surface area (Å²) in [5.74, 6) is 1.67. The van der Waals surface area contributed by atoms with Crippen molar-refractivity contribution >= 4 is 21.3 Å². The summed E-state index contributed by atoms with van der Waals surface area (Å²) in [4.78, 5) is 10.3. The third-order valence-corrected chi connectivity index (χ3v) is 6.80. The fourth-order valence-corrected chi connectivity index (χ4v) is 4.92. The van der Waals surface area contributed by atoms with E-state index >= 15 is 0 Å². The SMILES string of the molecule is COc1cc(OC)c(C2=CCN(S(=O)(=O)c3ccccc3[N+](=O)[O-])CC2)c(OC)c1. The predicted octanol–water partition coefficient (Wildman–Crippen LogP) is 3.10. The molecular weight excluding hydrogens is 412 g/mol. The molecule has 0 saturated carbocycles. The van der Waals surface area contributed by atoms with Crippen LogP contribution < -0.4 is 14.2 Å². The van der Waals surface area contributed by atoms with Gasteiger partial charge in [-0.3, -0.25) is 10.1 Å². The van der Waals surface area contributed by atoms with E-state index in [1.54, 1.807) is 25.3 Å². The van der Waals surface area contributed by atoms with Gasteiger partial charge in [0.25, 0.3) is 5.69 Å². The Labute approximate surface area is 174 Å². The molecule has 1 aliphatic rings. The van der Waals surface area contributed by atoms with Gasteiger partial charge >= 0.3 is 0 Å². The van der Waals surface area contributed by atoms with Gasteiger partial charge in [0.1, 0.15) is 17.2 Å². The average molecular weight is 434 g/mol. The molecule has 3 rings (SSSR count). The lowest BCUT2D eigenvalue weighted by atomic mass is 9.98. The average Bonchev–Trinajstić information content (AvgIpc) is 2.78. The molecule has 0 amide bonds. The molecule has 160 valence electrons. The van der Waals surface area contributed by atoms with Gasteiger partial charge in [-0.2, -0.15) is 4.31 Å². The molecule has 0 aromatic heterocycles. The Morgan fingerprint density at radius 2 is 1.67 bits per heavy atom. The number of nitro benzene ring substituents is 1. The monoisotopic (exact) mass is 434 g/mol. The first-order chi connectivity index (χ1) is 14.3. The lowest BCUT2D eigenvalue weighted by Gasteiger charge is -2.27. The van der Waals surface area contributed by atoms with Crippen molar-refractivity contribution in [2.75, 3.05) is 34.4 Å². The highest BCUT2D eigenvalue weighted by Gasteiger charge is 2.33. The summed E-state index contributed by atoms with van der Waals surface area (Å²) in [6, 6.07) is 8.81. The highest BCUT2D eigenvalue weighted by molar-refractivity contribution is 7.89. The van der Waals surface area contributed by atoms with Gasteiger partial charge in [0.05, 0.1) is 31.8 Å². The summed E-state index contributed by atoms with van der Waals surface area (Å²) >= 11 is 0. The minimum absolute atomic E-state index is 0.0715. The number of rotatable bonds is 7. The van der Waals surface area contributed by atoms with Crippen molar-refractivity contribution < 1.29 is 27.6 Å². The molecule has 0 N–H and O–H groups in total. The van der Waals surface area contributed by atoms with Crippen LogP contribution in [0.3, 0.4) is 0 Å². The van der Waals surface area contributed by atoms with E-state index in [2.05, 4.69) is 0 Å². The highest BCUT2D eigenvalue weighted by atomic mass is 32.2. The normalized spacial score (nSPS) is 14.7. The molecule has 0 bridgehead atoms. The van der Waals surface area contributed by atoms with Crippen LogP contribution in [-0.4, -0.2) is 52.1 Å².